The molecule has 1 aromatic rings. The van der Waals surface area contributed by atoms with E-state index in [0.717, 1.165) is 5.33 Å². The van der Waals surface area contributed by atoms with Crippen LogP contribution in [0.15, 0.2) is 18.2 Å². The Kier molecular flexibility index (Phi) is 4.48. The van der Waals surface area contributed by atoms with Crippen molar-refractivity contribution in [3.63, 3.8) is 0 Å². The van der Waals surface area contributed by atoms with Gasteiger partial charge in [0.1, 0.15) is 11.6 Å². The Morgan fingerprint density at radius 1 is 1.36 bits per heavy atom. The summed E-state index contributed by atoms with van der Waals surface area (Å²) in [5.74, 6) is -1.00. The predicted molar refractivity (Wildman–Crippen MR) is 56.5 cm³/mol. The molecule has 0 amide bonds. The Morgan fingerprint density at radius 2 is 1.93 bits per heavy atom. The van der Waals surface area contributed by atoms with Crippen molar-refractivity contribution in [3.05, 3.63) is 35.4 Å². The molecule has 0 aliphatic rings. The van der Waals surface area contributed by atoms with E-state index in [1.807, 2.05) is 6.92 Å². The van der Waals surface area contributed by atoms with Crippen LogP contribution in [0.1, 0.15) is 12.5 Å². The fourth-order valence-electron chi connectivity index (χ4n) is 1.03. The number of hydrogen-bond donors (Lipinski definition) is 1. The van der Waals surface area contributed by atoms with Gasteiger partial charge < -0.3 is 5.32 Å². The summed E-state index contributed by atoms with van der Waals surface area (Å²) in [6, 6.07) is 4.08. The second kappa shape index (κ2) is 5.41. The van der Waals surface area contributed by atoms with Gasteiger partial charge in [-0.25, -0.2) is 8.78 Å². The second-order valence-corrected chi connectivity index (χ2v) is 3.78. The van der Waals surface area contributed by atoms with E-state index in [4.69, 9.17) is 0 Å². The molecular weight excluding hydrogens is 252 g/mol. The highest BCUT2D eigenvalue weighted by molar-refractivity contribution is 9.09. The standard InChI is InChI=1S/C10H12BrF2N/c1-7(5-11)14-6-8-9(12)3-2-4-10(8)13/h2-4,7,14H,5-6H2,1H3. The molecule has 78 valence electrons. The molecule has 1 atom stereocenters. The average molecular weight is 264 g/mol. The zero-order valence-electron chi connectivity index (χ0n) is 7.86. The van der Waals surface area contributed by atoms with Crippen molar-refractivity contribution in [2.45, 2.75) is 19.5 Å². The Balaban J connectivity index is 2.66. The molecule has 1 N–H and O–H groups in total. The van der Waals surface area contributed by atoms with Gasteiger partial charge in [-0.05, 0) is 19.1 Å². The van der Waals surface area contributed by atoms with Gasteiger partial charge in [-0.1, -0.05) is 22.0 Å². The summed E-state index contributed by atoms with van der Waals surface area (Å²) >= 11 is 3.28. The second-order valence-electron chi connectivity index (χ2n) is 3.14. The first-order chi connectivity index (χ1) is 6.65. The first-order valence-electron chi connectivity index (χ1n) is 4.37. The molecule has 0 spiro atoms. The summed E-state index contributed by atoms with van der Waals surface area (Å²) in [7, 11) is 0. The van der Waals surface area contributed by atoms with Crippen LogP contribution in [-0.2, 0) is 6.54 Å². The van der Waals surface area contributed by atoms with Crippen molar-refractivity contribution >= 4 is 15.9 Å². The van der Waals surface area contributed by atoms with E-state index >= 15 is 0 Å². The lowest BCUT2D eigenvalue weighted by Crippen LogP contribution is -2.27. The Labute approximate surface area is 90.6 Å². The quantitative estimate of drug-likeness (QED) is 0.824. The molecule has 1 unspecified atom stereocenters. The Morgan fingerprint density at radius 3 is 2.43 bits per heavy atom. The van der Waals surface area contributed by atoms with E-state index in [9.17, 15) is 8.78 Å². The zero-order chi connectivity index (χ0) is 10.6. The van der Waals surface area contributed by atoms with Crippen molar-refractivity contribution in [1.29, 1.82) is 0 Å². The molecule has 0 aromatic heterocycles. The van der Waals surface area contributed by atoms with Crippen molar-refractivity contribution in [2.75, 3.05) is 5.33 Å². The lowest BCUT2D eigenvalue weighted by Gasteiger charge is -2.11. The minimum Gasteiger partial charge on any atom is -0.309 e. The van der Waals surface area contributed by atoms with Crippen LogP contribution in [0.3, 0.4) is 0 Å². The van der Waals surface area contributed by atoms with Crippen molar-refractivity contribution in [3.8, 4) is 0 Å². The molecule has 0 radical (unpaired) electrons. The molecular formula is C10H12BrF2N. The van der Waals surface area contributed by atoms with Gasteiger partial charge in [0.15, 0.2) is 0 Å². The van der Waals surface area contributed by atoms with Gasteiger partial charge in [0, 0.05) is 23.5 Å². The molecule has 14 heavy (non-hydrogen) atoms. The van der Waals surface area contributed by atoms with Gasteiger partial charge in [0.2, 0.25) is 0 Å². The predicted octanol–water partition coefficient (Wildman–Crippen LogP) is 2.84. The van der Waals surface area contributed by atoms with Crippen LogP contribution < -0.4 is 5.32 Å². The molecule has 0 saturated heterocycles. The number of halogens is 3. The normalized spacial score (nSPS) is 12.9. The van der Waals surface area contributed by atoms with Crippen molar-refractivity contribution in [1.82, 2.24) is 5.32 Å². The van der Waals surface area contributed by atoms with Crippen LogP contribution >= 0.6 is 15.9 Å². The third kappa shape index (κ3) is 3.03. The summed E-state index contributed by atoms with van der Waals surface area (Å²) in [4.78, 5) is 0. The molecule has 0 bridgehead atoms. The largest absolute Gasteiger partial charge is 0.309 e. The Hall–Kier alpha value is -0.480. The van der Waals surface area contributed by atoms with Crippen LogP contribution in [0, 0.1) is 11.6 Å². The van der Waals surface area contributed by atoms with E-state index in [-0.39, 0.29) is 18.2 Å². The van der Waals surface area contributed by atoms with E-state index in [0.29, 0.717) is 0 Å². The highest BCUT2D eigenvalue weighted by Crippen LogP contribution is 2.11. The highest BCUT2D eigenvalue weighted by atomic mass is 79.9. The fraction of sp³-hybridized carbons (Fsp3) is 0.400. The highest BCUT2D eigenvalue weighted by Gasteiger charge is 2.08. The SMILES string of the molecule is CC(CBr)NCc1c(F)cccc1F. The molecule has 0 heterocycles. The summed E-state index contributed by atoms with van der Waals surface area (Å²) in [5.41, 5.74) is 0.0975. The van der Waals surface area contributed by atoms with Crippen LogP contribution in [0.4, 0.5) is 8.78 Å². The number of hydrogen-bond acceptors (Lipinski definition) is 1. The Bertz CT molecular complexity index is 284. The molecule has 0 saturated carbocycles. The summed E-state index contributed by atoms with van der Waals surface area (Å²) in [5, 5.41) is 3.76. The molecule has 1 rings (SSSR count). The van der Waals surface area contributed by atoms with Crippen LogP contribution in [0.5, 0.6) is 0 Å². The summed E-state index contributed by atoms with van der Waals surface area (Å²) in [6.07, 6.45) is 0. The monoisotopic (exact) mass is 263 g/mol. The lowest BCUT2D eigenvalue weighted by molar-refractivity contribution is 0.518. The topological polar surface area (TPSA) is 12.0 Å². The van der Waals surface area contributed by atoms with Gasteiger partial charge >= 0.3 is 0 Å². The van der Waals surface area contributed by atoms with E-state index in [2.05, 4.69) is 21.2 Å². The maximum Gasteiger partial charge on any atom is 0.130 e. The maximum atomic E-state index is 13.1. The average Bonchev–Trinajstić information content (AvgIpc) is 2.16. The van der Waals surface area contributed by atoms with Crippen molar-refractivity contribution in [2.24, 2.45) is 0 Å². The van der Waals surface area contributed by atoms with E-state index in [1.54, 1.807) is 0 Å². The van der Waals surface area contributed by atoms with Gasteiger partial charge in [-0.15, -0.1) is 0 Å². The van der Waals surface area contributed by atoms with Crippen LogP contribution in [0.2, 0.25) is 0 Å². The molecule has 4 heteroatoms. The molecule has 0 fully saturated rings. The smallest absolute Gasteiger partial charge is 0.130 e. The van der Waals surface area contributed by atoms with Gasteiger partial charge in [-0.3, -0.25) is 0 Å². The van der Waals surface area contributed by atoms with Crippen LogP contribution in [-0.4, -0.2) is 11.4 Å². The number of nitrogens with one attached hydrogen (secondary N) is 1. The first-order valence-corrected chi connectivity index (χ1v) is 5.49. The summed E-state index contributed by atoms with van der Waals surface area (Å²) in [6.45, 7) is 2.15. The number of benzene rings is 1. The molecule has 0 aliphatic heterocycles. The molecule has 0 aliphatic carbocycles. The van der Waals surface area contributed by atoms with Gasteiger partial charge in [0.05, 0.1) is 0 Å². The summed E-state index contributed by atoms with van der Waals surface area (Å²) < 4.78 is 26.2. The first kappa shape index (κ1) is 11.6. The third-order valence-corrected chi connectivity index (χ3v) is 2.89. The fourth-order valence-corrected chi connectivity index (χ4v) is 1.26. The third-order valence-electron chi connectivity index (χ3n) is 1.92. The molecule has 1 nitrogen and oxygen atoms in total. The van der Waals surface area contributed by atoms with Gasteiger partial charge in [0.25, 0.3) is 0 Å². The zero-order valence-corrected chi connectivity index (χ0v) is 9.44. The number of alkyl halides is 1. The van der Waals surface area contributed by atoms with E-state index in [1.165, 1.54) is 18.2 Å². The van der Waals surface area contributed by atoms with E-state index < -0.39 is 11.6 Å². The lowest BCUT2D eigenvalue weighted by atomic mass is 10.2. The number of rotatable bonds is 4. The van der Waals surface area contributed by atoms with Crippen LogP contribution in [0.25, 0.3) is 0 Å². The maximum absolute atomic E-state index is 13.1. The minimum atomic E-state index is -0.501. The molecule has 1 aromatic carbocycles. The minimum absolute atomic E-state index is 0.0975. The van der Waals surface area contributed by atoms with Gasteiger partial charge in [-0.2, -0.15) is 0 Å². The van der Waals surface area contributed by atoms with Crippen molar-refractivity contribution < 1.29 is 8.78 Å².